The van der Waals surface area contributed by atoms with E-state index < -0.39 is 0 Å². The molecule has 1 aliphatic heterocycles. The fourth-order valence-corrected chi connectivity index (χ4v) is 2.46. The van der Waals surface area contributed by atoms with Crippen molar-refractivity contribution in [2.75, 3.05) is 26.9 Å². The molecular weight excluding hydrogens is 272 g/mol. The molecular formula is C15H22N2O4. The van der Waals surface area contributed by atoms with E-state index in [1.54, 1.807) is 11.9 Å². The van der Waals surface area contributed by atoms with Gasteiger partial charge in [0.1, 0.15) is 18.1 Å². The van der Waals surface area contributed by atoms with Crippen LogP contribution in [-0.2, 0) is 20.8 Å². The fraction of sp³-hybridized carbons (Fsp3) is 0.733. The van der Waals surface area contributed by atoms with Gasteiger partial charge in [0.05, 0.1) is 19.3 Å². The van der Waals surface area contributed by atoms with Crippen LogP contribution in [0.4, 0.5) is 0 Å². The van der Waals surface area contributed by atoms with Gasteiger partial charge >= 0.3 is 0 Å². The minimum absolute atomic E-state index is 0.0519. The van der Waals surface area contributed by atoms with Crippen LogP contribution in [0.3, 0.4) is 0 Å². The maximum atomic E-state index is 12.0. The Balaban J connectivity index is 1.38. The average Bonchev–Trinajstić information content (AvgIpc) is 2.99. The molecule has 0 spiro atoms. The Morgan fingerprint density at radius 3 is 3.05 bits per heavy atom. The van der Waals surface area contributed by atoms with E-state index in [0.29, 0.717) is 19.1 Å². The highest BCUT2D eigenvalue weighted by atomic mass is 16.5. The predicted molar refractivity (Wildman–Crippen MR) is 74.7 cm³/mol. The zero-order valence-electron chi connectivity index (χ0n) is 12.4. The summed E-state index contributed by atoms with van der Waals surface area (Å²) in [4.78, 5) is 13.6. The molecule has 1 aromatic heterocycles. The Bertz CT molecular complexity index is 478. The van der Waals surface area contributed by atoms with E-state index in [-0.39, 0.29) is 18.6 Å². The van der Waals surface area contributed by atoms with Gasteiger partial charge in [-0.2, -0.15) is 0 Å². The third kappa shape index (κ3) is 4.04. The Hall–Kier alpha value is -1.40. The monoisotopic (exact) mass is 294 g/mol. The summed E-state index contributed by atoms with van der Waals surface area (Å²) in [7, 11) is 1.75. The minimum Gasteiger partial charge on any atom is -0.376 e. The van der Waals surface area contributed by atoms with E-state index in [1.165, 1.54) is 12.8 Å². The second kappa shape index (κ2) is 6.58. The Morgan fingerprint density at radius 1 is 1.48 bits per heavy atom. The minimum atomic E-state index is -0.0519. The number of hydrogen-bond donors (Lipinski definition) is 0. The number of aromatic nitrogens is 1. The Labute approximate surface area is 124 Å². The zero-order valence-corrected chi connectivity index (χ0v) is 12.4. The summed E-state index contributed by atoms with van der Waals surface area (Å²) in [6, 6.07) is 1.95. The maximum absolute atomic E-state index is 12.0. The highest BCUT2D eigenvalue weighted by Crippen LogP contribution is 2.40. The van der Waals surface area contributed by atoms with Gasteiger partial charge in [-0.1, -0.05) is 5.16 Å². The zero-order chi connectivity index (χ0) is 14.7. The molecule has 1 amide bonds. The van der Waals surface area contributed by atoms with E-state index in [1.807, 2.05) is 6.07 Å². The van der Waals surface area contributed by atoms with Crippen molar-refractivity contribution < 1.29 is 18.8 Å². The van der Waals surface area contributed by atoms with E-state index in [0.717, 1.165) is 30.9 Å². The summed E-state index contributed by atoms with van der Waals surface area (Å²) in [6.07, 6.45) is 4.62. The van der Waals surface area contributed by atoms with Crippen LogP contribution in [0, 0.1) is 0 Å². The van der Waals surface area contributed by atoms with Gasteiger partial charge in [-0.15, -0.1) is 0 Å². The lowest BCUT2D eigenvalue weighted by Gasteiger charge is -2.16. The topological polar surface area (TPSA) is 64.8 Å². The van der Waals surface area contributed by atoms with Crippen LogP contribution >= 0.6 is 0 Å². The van der Waals surface area contributed by atoms with E-state index in [9.17, 15) is 4.79 Å². The SMILES string of the molecule is CN(Cc1cc(C2CC2)on1)C(=O)COCC1CCCO1. The van der Waals surface area contributed by atoms with E-state index in [2.05, 4.69) is 5.16 Å². The summed E-state index contributed by atoms with van der Waals surface area (Å²) < 4.78 is 16.2. The van der Waals surface area contributed by atoms with Gasteiger partial charge in [0, 0.05) is 25.6 Å². The van der Waals surface area contributed by atoms with Gasteiger partial charge in [-0.25, -0.2) is 0 Å². The molecule has 1 saturated carbocycles. The molecule has 3 rings (SSSR count). The first-order chi connectivity index (χ1) is 10.2. The summed E-state index contributed by atoms with van der Waals surface area (Å²) >= 11 is 0. The fourth-order valence-electron chi connectivity index (χ4n) is 2.46. The number of likely N-dealkylation sites (N-methyl/N-ethyl adjacent to an activating group) is 1. The lowest BCUT2D eigenvalue weighted by molar-refractivity contribution is -0.136. The lowest BCUT2D eigenvalue weighted by Crippen LogP contribution is -2.31. The molecule has 1 aliphatic carbocycles. The molecule has 0 N–H and O–H groups in total. The number of amides is 1. The highest BCUT2D eigenvalue weighted by molar-refractivity contribution is 5.77. The van der Waals surface area contributed by atoms with Crippen LogP contribution in [0.1, 0.15) is 43.1 Å². The molecule has 0 bridgehead atoms. The van der Waals surface area contributed by atoms with Crippen molar-refractivity contribution in [3.8, 4) is 0 Å². The van der Waals surface area contributed by atoms with Crippen molar-refractivity contribution in [1.29, 1.82) is 0 Å². The van der Waals surface area contributed by atoms with Crippen molar-refractivity contribution in [3.63, 3.8) is 0 Å². The number of rotatable bonds is 7. The van der Waals surface area contributed by atoms with Crippen LogP contribution in [-0.4, -0.2) is 48.9 Å². The first kappa shape index (κ1) is 14.5. The molecule has 1 aromatic rings. The molecule has 21 heavy (non-hydrogen) atoms. The van der Waals surface area contributed by atoms with Gasteiger partial charge in [0.2, 0.25) is 5.91 Å². The van der Waals surface area contributed by atoms with Gasteiger partial charge in [0.15, 0.2) is 0 Å². The molecule has 1 saturated heterocycles. The molecule has 116 valence electrons. The van der Waals surface area contributed by atoms with E-state index in [4.69, 9.17) is 14.0 Å². The Kier molecular flexibility index (Phi) is 4.55. The normalized spacial score (nSPS) is 21.7. The quantitative estimate of drug-likeness (QED) is 0.766. The number of nitrogens with zero attached hydrogens (tertiary/aromatic N) is 2. The number of ether oxygens (including phenoxy) is 2. The molecule has 2 fully saturated rings. The molecule has 0 radical (unpaired) electrons. The summed E-state index contributed by atoms with van der Waals surface area (Å²) in [6.45, 7) is 1.84. The largest absolute Gasteiger partial charge is 0.376 e. The van der Waals surface area contributed by atoms with Gasteiger partial charge in [-0.3, -0.25) is 4.79 Å². The molecule has 1 unspecified atom stereocenters. The standard InChI is InChI=1S/C15H22N2O4/c1-17(8-12-7-14(21-16-12)11-4-5-11)15(18)10-19-9-13-3-2-6-20-13/h7,11,13H,2-6,8-10H2,1H3. The molecule has 1 atom stereocenters. The number of hydrogen-bond acceptors (Lipinski definition) is 5. The van der Waals surface area contributed by atoms with Crippen LogP contribution in [0.2, 0.25) is 0 Å². The lowest BCUT2D eigenvalue weighted by atomic mass is 10.2. The first-order valence-corrected chi connectivity index (χ1v) is 7.61. The van der Waals surface area contributed by atoms with Crippen molar-refractivity contribution >= 4 is 5.91 Å². The highest BCUT2D eigenvalue weighted by Gasteiger charge is 2.28. The smallest absolute Gasteiger partial charge is 0.248 e. The third-order valence-electron chi connectivity index (χ3n) is 3.94. The molecule has 2 aliphatic rings. The van der Waals surface area contributed by atoms with Crippen LogP contribution < -0.4 is 0 Å². The van der Waals surface area contributed by atoms with Crippen molar-refractivity contribution in [1.82, 2.24) is 10.1 Å². The first-order valence-electron chi connectivity index (χ1n) is 7.61. The van der Waals surface area contributed by atoms with Crippen molar-refractivity contribution in [2.24, 2.45) is 0 Å². The predicted octanol–water partition coefficient (Wildman–Crippen LogP) is 1.71. The third-order valence-corrected chi connectivity index (χ3v) is 3.94. The van der Waals surface area contributed by atoms with Crippen LogP contribution in [0.5, 0.6) is 0 Å². The van der Waals surface area contributed by atoms with Crippen LogP contribution in [0.15, 0.2) is 10.6 Å². The summed E-state index contributed by atoms with van der Waals surface area (Å²) in [5, 5.41) is 4.01. The number of carbonyl (C=O) groups is 1. The maximum Gasteiger partial charge on any atom is 0.248 e. The van der Waals surface area contributed by atoms with Crippen LogP contribution in [0.25, 0.3) is 0 Å². The molecule has 6 nitrogen and oxygen atoms in total. The van der Waals surface area contributed by atoms with Gasteiger partial charge in [-0.05, 0) is 25.7 Å². The second-order valence-electron chi connectivity index (χ2n) is 5.89. The van der Waals surface area contributed by atoms with Crippen molar-refractivity contribution in [3.05, 3.63) is 17.5 Å². The van der Waals surface area contributed by atoms with Crippen molar-refractivity contribution in [2.45, 2.75) is 44.2 Å². The molecule has 2 heterocycles. The second-order valence-corrected chi connectivity index (χ2v) is 5.89. The van der Waals surface area contributed by atoms with Gasteiger partial charge < -0.3 is 18.9 Å². The average molecular weight is 294 g/mol. The van der Waals surface area contributed by atoms with Gasteiger partial charge in [0.25, 0.3) is 0 Å². The summed E-state index contributed by atoms with van der Waals surface area (Å²) in [5.74, 6) is 1.44. The molecule has 6 heteroatoms. The molecule has 0 aromatic carbocycles. The summed E-state index contributed by atoms with van der Waals surface area (Å²) in [5.41, 5.74) is 0.798. The Morgan fingerprint density at radius 2 is 2.33 bits per heavy atom. The van der Waals surface area contributed by atoms with E-state index >= 15 is 0 Å². The number of carbonyl (C=O) groups excluding carboxylic acids is 1.